The Hall–Kier alpha value is -3.46. The van der Waals surface area contributed by atoms with E-state index in [2.05, 4.69) is 99.2 Å². The molecule has 0 saturated carbocycles. The molecule has 0 radical (unpaired) electrons. The predicted molar refractivity (Wildman–Crippen MR) is 118 cm³/mol. The predicted octanol–water partition coefficient (Wildman–Crippen LogP) is 6.06. The summed E-state index contributed by atoms with van der Waals surface area (Å²) >= 11 is 0. The van der Waals surface area contributed by atoms with Crippen LogP contribution in [0.5, 0.6) is 0 Å². The molecular weight excluding hydrogens is 356 g/mol. The van der Waals surface area contributed by atoms with Gasteiger partial charge in [-0.3, -0.25) is 0 Å². The van der Waals surface area contributed by atoms with Crippen LogP contribution < -0.4 is 4.57 Å². The van der Waals surface area contributed by atoms with Crippen LogP contribution in [0.25, 0.3) is 44.6 Å². The molecule has 0 bridgehead atoms. The van der Waals surface area contributed by atoms with Crippen molar-refractivity contribution in [2.24, 2.45) is 7.05 Å². The Morgan fingerprint density at radius 1 is 0.759 bits per heavy atom. The zero-order chi connectivity index (χ0) is 20.1. The van der Waals surface area contributed by atoms with Crippen molar-refractivity contribution < 1.29 is 8.98 Å². The van der Waals surface area contributed by atoms with Gasteiger partial charge in [0.1, 0.15) is 7.05 Å². The molecular formula is C26H23N2O+. The molecule has 2 aromatic carbocycles. The van der Waals surface area contributed by atoms with E-state index in [0.717, 1.165) is 38.9 Å². The van der Waals surface area contributed by atoms with E-state index in [0.29, 0.717) is 5.71 Å². The Balaban J connectivity index is 1.76. The van der Waals surface area contributed by atoms with E-state index in [4.69, 9.17) is 9.40 Å². The monoisotopic (exact) mass is 379 g/mol. The Morgan fingerprint density at radius 2 is 1.48 bits per heavy atom. The Labute approximate surface area is 170 Å². The largest absolute Gasteiger partial charge is 0.437 e. The number of fused-ring (bicyclic) bond motifs is 3. The summed E-state index contributed by atoms with van der Waals surface area (Å²) in [5, 5.41) is 2.15. The van der Waals surface area contributed by atoms with Crippen molar-refractivity contribution in [1.82, 2.24) is 4.98 Å². The van der Waals surface area contributed by atoms with Gasteiger partial charge >= 0.3 is 0 Å². The smallest absolute Gasteiger partial charge is 0.227 e. The van der Waals surface area contributed by atoms with E-state index < -0.39 is 0 Å². The number of furan rings is 1. The van der Waals surface area contributed by atoms with Crippen LogP contribution >= 0.6 is 0 Å². The van der Waals surface area contributed by atoms with Gasteiger partial charge in [0, 0.05) is 28.0 Å². The summed E-state index contributed by atoms with van der Waals surface area (Å²) in [7, 11) is 2.08. The maximum atomic E-state index is 6.37. The normalized spacial score (nSPS) is 11.4. The van der Waals surface area contributed by atoms with Crippen LogP contribution in [0.3, 0.4) is 0 Å². The van der Waals surface area contributed by atoms with Crippen LogP contribution in [0.1, 0.15) is 16.7 Å². The second-order valence-electron chi connectivity index (χ2n) is 7.85. The molecule has 0 fully saturated rings. The summed E-state index contributed by atoms with van der Waals surface area (Å²) in [5.41, 5.74) is 9.52. The highest BCUT2D eigenvalue weighted by molar-refractivity contribution is 6.09. The summed E-state index contributed by atoms with van der Waals surface area (Å²) in [6.07, 6.45) is 2.14. The number of aromatic nitrogens is 2. The van der Waals surface area contributed by atoms with Crippen molar-refractivity contribution >= 4 is 22.1 Å². The third-order valence-electron chi connectivity index (χ3n) is 5.60. The lowest BCUT2D eigenvalue weighted by molar-refractivity contribution is -0.660. The molecule has 3 heterocycles. The topological polar surface area (TPSA) is 29.9 Å². The SMILES string of the molecule is Cc1ccc(-c2ccc3c(n2)oc2c(-c4ccc(C)c[n+]4C)c(C)ccc23)cc1. The third-order valence-corrected chi connectivity index (χ3v) is 5.60. The standard InChI is InChI=1S/C26H23N2O/c1-16-5-9-19(10-6-16)22-13-12-21-20-11-8-18(3)24(25(20)29-26(21)27-22)23-14-7-17(2)15-28(23)4/h5-15H,1-4H3/q+1. The molecule has 142 valence electrons. The molecule has 5 rings (SSSR count). The van der Waals surface area contributed by atoms with Crippen LogP contribution in [0, 0.1) is 20.8 Å². The molecule has 5 aromatic rings. The minimum Gasteiger partial charge on any atom is -0.437 e. The van der Waals surface area contributed by atoms with Gasteiger partial charge in [0.2, 0.25) is 11.4 Å². The first-order valence-corrected chi connectivity index (χ1v) is 9.88. The highest BCUT2D eigenvalue weighted by Crippen LogP contribution is 2.37. The summed E-state index contributed by atoms with van der Waals surface area (Å²) < 4.78 is 8.53. The molecule has 0 spiro atoms. The van der Waals surface area contributed by atoms with E-state index in [9.17, 15) is 0 Å². The zero-order valence-corrected chi connectivity index (χ0v) is 17.2. The molecule has 0 aliphatic heterocycles. The third kappa shape index (κ3) is 2.90. The van der Waals surface area contributed by atoms with Crippen LogP contribution in [-0.4, -0.2) is 4.98 Å². The second-order valence-corrected chi connectivity index (χ2v) is 7.85. The summed E-state index contributed by atoms with van der Waals surface area (Å²) in [6.45, 7) is 6.33. The molecule has 0 aliphatic rings. The highest BCUT2D eigenvalue weighted by Gasteiger charge is 2.21. The summed E-state index contributed by atoms with van der Waals surface area (Å²) in [6, 6.07) is 21.2. The minimum absolute atomic E-state index is 0.680. The average molecular weight is 379 g/mol. The first kappa shape index (κ1) is 17.6. The van der Waals surface area contributed by atoms with Gasteiger partial charge in [-0.1, -0.05) is 42.0 Å². The van der Waals surface area contributed by atoms with Crippen LogP contribution in [0.2, 0.25) is 0 Å². The minimum atomic E-state index is 0.680. The number of rotatable bonds is 2. The lowest BCUT2D eigenvalue weighted by atomic mass is 10.0. The molecule has 3 heteroatoms. The highest BCUT2D eigenvalue weighted by atomic mass is 16.3. The fraction of sp³-hybridized carbons (Fsp3) is 0.154. The molecule has 0 N–H and O–H groups in total. The van der Waals surface area contributed by atoms with E-state index in [-0.39, 0.29) is 0 Å². The molecule has 3 nitrogen and oxygen atoms in total. The molecule has 0 aliphatic carbocycles. The van der Waals surface area contributed by atoms with Crippen molar-refractivity contribution in [2.75, 3.05) is 0 Å². The Bertz CT molecular complexity index is 1380. The average Bonchev–Trinajstić information content (AvgIpc) is 3.07. The van der Waals surface area contributed by atoms with Gasteiger partial charge in [-0.2, -0.15) is 0 Å². The second kappa shape index (κ2) is 6.56. The maximum Gasteiger partial charge on any atom is 0.227 e. The molecule has 3 aromatic heterocycles. The van der Waals surface area contributed by atoms with Crippen molar-refractivity contribution in [3.05, 3.63) is 83.6 Å². The number of hydrogen-bond acceptors (Lipinski definition) is 2. The van der Waals surface area contributed by atoms with Crippen LogP contribution in [0.15, 0.2) is 71.3 Å². The Morgan fingerprint density at radius 3 is 2.24 bits per heavy atom. The van der Waals surface area contributed by atoms with Gasteiger partial charge in [-0.15, -0.1) is 0 Å². The van der Waals surface area contributed by atoms with Gasteiger partial charge < -0.3 is 4.42 Å². The number of pyridine rings is 2. The van der Waals surface area contributed by atoms with E-state index in [1.165, 1.54) is 16.7 Å². The lowest BCUT2D eigenvalue weighted by Crippen LogP contribution is -2.31. The first-order chi connectivity index (χ1) is 14.0. The first-order valence-electron chi connectivity index (χ1n) is 9.88. The van der Waals surface area contributed by atoms with Gasteiger partial charge in [0.15, 0.2) is 11.8 Å². The molecule has 0 atom stereocenters. The molecule has 29 heavy (non-hydrogen) atoms. The number of aryl methyl sites for hydroxylation is 4. The molecule has 0 amide bonds. The summed E-state index contributed by atoms with van der Waals surface area (Å²) in [4.78, 5) is 4.84. The summed E-state index contributed by atoms with van der Waals surface area (Å²) in [5.74, 6) is 0. The van der Waals surface area contributed by atoms with Gasteiger partial charge in [0.25, 0.3) is 0 Å². The van der Waals surface area contributed by atoms with Gasteiger partial charge in [0.05, 0.1) is 11.3 Å². The van der Waals surface area contributed by atoms with Crippen molar-refractivity contribution in [3.63, 3.8) is 0 Å². The maximum absolute atomic E-state index is 6.37. The fourth-order valence-corrected chi connectivity index (χ4v) is 4.03. The number of nitrogens with zero attached hydrogens (tertiary/aromatic N) is 2. The quantitative estimate of drug-likeness (QED) is 0.349. The van der Waals surface area contributed by atoms with Crippen molar-refractivity contribution in [3.8, 4) is 22.5 Å². The van der Waals surface area contributed by atoms with Crippen LogP contribution in [-0.2, 0) is 7.05 Å². The number of hydrogen-bond donors (Lipinski definition) is 0. The van der Waals surface area contributed by atoms with Crippen molar-refractivity contribution in [2.45, 2.75) is 20.8 Å². The zero-order valence-electron chi connectivity index (χ0n) is 17.2. The van der Waals surface area contributed by atoms with Crippen molar-refractivity contribution in [1.29, 1.82) is 0 Å². The van der Waals surface area contributed by atoms with Gasteiger partial charge in [-0.05, 0) is 44.5 Å². The van der Waals surface area contributed by atoms with Crippen LogP contribution in [0.4, 0.5) is 0 Å². The Kier molecular flexibility index (Phi) is 3.99. The number of benzene rings is 2. The van der Waals surface area contributed by atoms with Gasteiger partial charge in [-0.25, -0.2) is 9.55 Å². The van der Waals surface area contributed by atoms with E-state index in [1.54, 1.807) is 0 Å². The van der Waals surface area contributed by atoms with E-state index >= 15 is 0 Å². The van der Waals surface area contributed by atoms with E-state index in [1.807, 2.05) is 0 Å². The fourth-order valence-electron chi connectivity index (χ4n) is 4.03. The lowest BCUT2D eigenvalue weighted by Gasteiger charge is -2.05. The molecule has 0 saturated heterocycles. The molecule has 0 unspecified atom stereocenters.